The Morgan fingerprint density at radius 2 is 1.95 bits per heavy atom. The Morgan fingerprint density at radius 3 is 2.55 bits per heavy atom. The standard InChI is InChI=1S/C17H29NOS/c1-5-11-18-17(13-20(19)12-10-14(2)3)16-9-7-6-8-15(16)4/h6-9,14,17-18H,5,10-13H2,1-4H3. The van der Waals surface area contributed by atoms with Gasteiger partial charge in [0.25, 0.3) is 0 Å². The molecule has 0 bridgehead atoms. The summed E-state index contributed by atoms with van der Waals surface area (Å²) in [6.07, 6.45) is 2.14. The third-order valence-electron chi connectivity index (χ3n) is 3.48. The fourth-order valence-corrected chi connectivity index (χ4v) is 3.76. The summed E-state index contributed by atoms with van der Waals surface area (Å²) in [5, 5.41) is 3.55. The fourth-order valence-electron chi connectivity index (χ4n) is 2.19. The molecule has 0 aliphatic carbocycles. The van der Waals surface area contributed by atoms with Crippen LogP contribution >= 0.6 is 0 Å². The zero-order chi connectivity index (χ0) is 15.0. The van der Waals surface area contributed by atoms with Crippen LogP contribution < -0.4 is 5.32 Å². The van der Waals surface area contributed by atoms with Gasteiger partial charge in [0.2, 0.25) is 0 Å². The number of hydrogen-bond donors (Lipinski definition) is 1. The Labute approximate surface area is 126 Å². The molecule has 0 aliphatic rings. The highest BCUT2D eigenvalue weighted by Crippen LogP contribution is 2.19. The van der Waals surface area contributed by atoms with Crippen LogP contribution in [0.25, 0.3) is 0 Å². The first-order valence-electron chi connectivity index (χ1n) is 7.68. The van der Waals surface area contributed by atoms with Gasteiger partial charge in [-0.1, -0.05) is 45.0 Å². The van der Waals surface area contributed by atoms with E-state index in [9.17, 15) is 4.21 Å². The van der Waals surface area contributed by atoms with E-state index in [-0.39, 0.29) is 6.04 Å². The largest absolute Gasteiger partial charge is 0.309 e. The lowest BCUT2D eigenvalue weighted by Gasteiger charge is -2.21. The van der Waals surface area contributed by atoms with Gasteiger partial charge in [-0.25, -0.2) is 0 Å². The molecule has 0 fully saturated rings. The lowest BCUT2D eigenvalue weighted by molar-refractivity contribution is 0.564. The van der Waals surface area contributed by atoms with E-state index in [1.165, 1.54) is 11.1 Å². The Morgan fingerprint density at radius 1 is 1.25 bits per heavy atom. The summed E-state index contributed by atoms with van der Waals surface area (Å²) in [5.41, 5.74) is 2.57. The molecule has 114 valence electrons. The van der Waals surface area contributed by atoms with Crippen LogP contribution in [0, 0.1) is 12.8 Å². The zero-order valence-corrected chi connectivity index (χ0v) is 14.1. The number of aryl methyl sites for hydroxylation is 1. The van der Waals surface area contributed by atoms with E-state index in [1.54, 1.807) is 0 Å². The maximum absolute atomic E-state index is 12.3. The van der Waals surface area contributed by atoms with Crippen molar-refractivity contribution in [1.82, 2.24) is 5.32 Å². The predicted octanol–water partition coefficient (Wildman–Crippen LogP) is 3.83. The van der Waals surface area contributed by atoms with E-state index in [4.69, 9.17) is 0 Å². The predicted molar refractivity (Wildman–Crippen MR) is 89.5 cm³/mol. The molecular weight excluding hydrogens is 266 g/mol. The monoisotopic (exact) mass is 295 g/mol. The van der Waals surface area contributed by atoms with Gasteiger partial charge in [0.15, 0.2) is 0 Å². The van der Waals surface area contributed by atoms with Crippen LogP contribution in [0.15, 0.2) is 24.3 Å². The van der Waals surface area contributed by atoms with Crippen molar-refractivity contribution >= 4 is 10.8 Å². The first-order chi connectivity index (χ1) is 9.54. The van der Waals surface area contributed by atoms with Crippen molar-refractivity contribution in [2.45, 2.75) is 46.6 Å². The highest BCUT2D eigenvalue weighted by atomic mass is 32.2. The molecule has 0 aliphatic heterocycles. The van der Waals surface area contributed by atoms with Crippen LogP contribution in [0.3, 0.4) is 0 Å². The molecule has 2 atom stereocenters. The van der Waals surface area contributed by atoms with Crippen molar-refractivity contribution in [3.05, 3.63) is 35.4 Å². The maximum Gasteiger partial charge on any atom is 0.0439 e. The Balaban J connectivity index is 2.69. The first-order valence-corrected chi connectivity index (χ1v) is 9.17. The molecule has 0 heterocycles. The molecule has 0 radical (unpaired) electrons. The van der Waals surface area contributed by atoms with Crippen molar-refractivity contribution in [1.29, 1.82) is 0 Å². The molecule has 0 amide bonds. The molecule has 0 saturated heterocycles. The van der Waals surface area contributed by atoms with E-state index in [2.05, 4.69) is 57.3 Å². The minimum atomic E-state index is -0.745. The lowest BCUT2D eigenvalue weighted by Crippen LogP contribution is -2.28. The van der Waals surface area contributed by atoms with Gasteiger partial charge in [-0.05, 0) is 43.4 Å². The normalized spacial score (nSPS) is 14.4. The lowest BCUT2D eigenvalue weighted by atomic mass is 10.0. The third-order valence-corrected chi connectivity index (χ3v) is 4.88. The molecule has 1 aromatic rings. The van der Waals surface area contributed by atoms with Gasteiger partial charge in [0, 0.05) is 28.3 Å². The molecule has 1 N–H and O–H groups in total. The second-order valence-corrected chi connectivity index (χ2v) is 7.48. The van der Waals surface area contributed by atoms with Crippen molar-refractivity contribution in [3.8, 4) is 0 Å². The second-order valence-electron chi connectivity index (χ2n) is 5.86. The Bertz CT molecular complexity index is 417. The van der Waals surface area contributed by atoms with E-state index >= 15 is 0 Å². The summed E-state index contributed by atoms with van der Waals surface area (Å²) < 4.78 is 12.3. The van der Waals surface area contributed by atoms with Crippen LogP contribution in [-0.2, 0) is 10.8 Å². The number of nitrogens with one attached hydrogen (secondary N) is 1. The van der Waals surface area contributed by atoms with Gasteiger partial charge in [0.1, 0.15) is 0 Å². The van der Waals surface area contributed by atoms with Crippen molar-refractivity contribution in [2.75, 3.05) is 18.1 Å². The van der Waals surface area contributed by atoms with Gasteiger partial charge >= 0.3 is 0 Å². The molecule has 1 aromatic carbocycles. The summed E-state index contributed by atoms with van der Waals surface area (Å²) >= 11 is 0. The van der Waals surface area contributed by atoms with Crippen molar-refractivity contribution in [2.24, 2.45) is 5.92 Å². The smallest absolute Gasteiger partial charge is 0.0439 e. The molecule has 0 spiro atoms. The molecule has 0 saturated carbocycles. The van der Waals surface area contributed by atoms with Gasteiger partial charge in [-0.15, -0.1) is 0 Å². The Kier molecular flexibility index (Phi) is 8.08. The van der Waals surface area contributed by atoms with E-state index in [0.29, 0.717) is 5.92 Å². The molecule has 1 rings (SSSR count). The first kappa shape index (κ1) is 17.4. The van der Waals surface area contributed by atoms with E-state index in [1.807, 2.05) is 0 Å². The molecular formula is C17H29NOS. The average molecular weight is 295 g/mol. The van der Waals surface area contributed by atoms with Crippen LogP contribution in [0.2, 0.25) is 0 Å². The highest BCUT2D eigenvalue weighted by molar-refractivity contribution is 7.85. The summed E-state index contributed by atoms with van der Waals surface area (Å²) in [6, 6.07) is 8.63. The average Bonchev–Trinajstić information content (AvgIpc) is 2.42. The fraction of sp³-hybridized carbons (Fsp3) is 0.647. The van der Waals surface area contributed by atoms with Crippen LogP contribution in [0.4, 0.5) is 0 Å². The minimum Gasteiger partial charge on any atom is -0.309 e. The molecule has 3 heteroatoms. The topological polar surface area (TPSA) is 29.1 Å². The third kappa shape index (κ3) is 6.19. The molecule has 20 heavy (non-hydrogen) atoms. The van der Waals surface area contributed by atoms with Crippen LogP contribution in [0.5, 0.6) is 0 Å². The molecule has 2 nitrogen and oxygen atoms in total. The summed E-state index contributed by atoms with van der Waals surface area (Å²) in [6.45, 7) is 9.64. The van der Waals surface area contributed by atoms with Gasteiger partial charge < -0.3 is 5.32 Å². The van der Waals surface area contributed by atoms with E-state index < -0.39 is 10.8 Å². The summed E-state index contributed by atoms with van der Waals surface area (Å²) in [4.78, 5) is 0. The summed E-state index contributed by atoms with van der Waals surface area (Å²) in [7, 11) is -0.745. The Hall–Kier alpha value is -0.670. The summed E-state index contributed by atoms with van der Waals surface area (Å²) in [5.74, 6) is 2.16. The zero-order valence-electron chi connectivity index (χ0n) is 13.3. The maximum atomic E-state index is 12.3. The van der Waals surface area contributed by atoms with Crippen LogP contribution in [-0.4, -0.2) is 22.3 Å². The van der Waals surface area contributed by atoms with Crippen molar-refractivity contribution < 1.29 is 4.21 Å². The number of rotatable bonds is 9. The van der Waals surface area contributed by atoms with Gasteiger partial charge in [-0.2, -0.15) is 0 Å². The molecule has 2 unspecified atom stereocenters. The minimum absolute atomic E-state index is 0.212. The SMILES string of the molecule is CCCNC(CS(=O)CCC(C)C)c1ccccc1C. The highest BCUT2D eigenvalue weighted by Gasteiger charge is 2.16. The van der Waals surface area contributed by atoms with Crippen molar-refractivity contribution in [3.63, 3.8) is 0 Å². The molecule has 0 aromatic heterocycles. The number of benzene rings is 1. The van der Waals surface area contributed by atoms with E-state index in [0.717, 1.165) is 30.9 Å². The quantitative estimate of drug-likeness (QED) is 0.750. The van der Waals surface area contributed by atoms with Gasteiger partial charge in [0.05, 0.1) is 0 Å². The van der Waals surface area contributed by atoms with Gasteiger partial charge in [-0.3, -0.25) is 4.21 Å². The van der Waals surface area contributed by atoms with Crippen LogP contribution in [0.1, 0.15) is 50.8 Å². The second kappa shape index (κ2) is 9.30. The number of hydrogen-bond acceptors (Lipinski definition) is 2.